The highest BCUT2D eigenvalue weighted by atomic mass is 19.1. The number of pyridine rings is 1. The third-order valence-corrected chi connectivity index (χ3v) is 3.51. The molecule has 0 saturated heterocycles. The standard InChI is InChI=1S/C18H14F2N2O2/c1-22-10-11(2-7-18(22)23)14-9-13(21)4-6-16(14)24-17-5-3-12(19)8-15(17)20/h2-10H,21H2,1H3. The van der Waals surface area contributed by atoms with Gasteiger partial charge in [-0.25, -0.2) is 8.78 Å². The Labute approximate surface area is 136 Å². The van der Waals surface area contributed by atoms with Crippen LogP contribution in [0.5, 0.6) is 11.5 Å². The predicted molar refractivity (Wildman–Crippen MR) is 88.0 cm³/mol. The van der Waals surface area contributed by atoms with Crippen LogP contribution < -0.4 is 16.0 Å². The SMILES string of the molecule is Cn1cc(-c2cc(N)ccc2Oc2ccc(F)cc2F)ccc1=O. The van der Waals surface area contributed by atoms with Gasteiger partial charge in [0.25, 0.3) is 0 Å². The molecule has 4 nitrogen and oxygen atoms in total. The van der Waals surface area contributed by atoms with E-state index in [0.717, 1.165) is 12.1 Å². The summed E-state index contributed by atoms with van der Waals surface area (Å²) in [5.41, 5.74) is 7.44. The Kier molecular flexibility index (Phi) is 4.04. The molecular formula is C18H14F2N2O2. The minimum Gasteiger partial charge on any atom is -0.454 e. The van der Waals surface area contributed by atoms with Gasteiger partial charge in [0.2, 0.25) is 5.56 Å². The number of nitrogens with two attached hydrogens (primary N) is 1. The third kappa shape index (κ3) is 3.12. The quantitative estimate of drug-likeness (QED) is 0.746. The van der Waals surface area contributed by atoms with E-state index >= 15 is 0 Å². The monoisotopic (exact) mass is 328 g/mol. The molecule has 0 atom stereocenters. The Morgan fingerprint density at radius 1 is 1.00 bits per heavy atom. The van der Waals surface area contributed by atoms with Crippen molar-refractivity contribution >= 4 is 5.69 Å². The molecule has 1 aromatic heterocycles. The molecule has 24 heavy (non-hydrogen) atoms. The molecule has 0 saturated carbocycles. The molecule has 0 radical (unpaired) electrons. The van der Waals surface area contributed by atoms with Crippen LogP contribution in [0.25, 0.3) is 11.1 Å². The van der Waals surface area contributed by atoms with Gasteiger partial charge in [0.05, 0.1) is 0 Å². The molecule has 0 unspecified atom stereocenters. The summed E-state index contributed by atoms with van der Waals surface area (Å²) in [5, 5.41) is 0. The number of rotatable bonds is 3. The van der Waals surface area contributed by atoms with Gasteiger partial charge in [0.15, 0.2) is 11.6 Å². The summed E-state index contributed by atoms with van der Waals surface area (Å²) >= 11 is 0. The van der Waals surface area contributed by atoms with E-state index in [0.29, 0.717) is 22.6 Å². The van der Waals surface area contributed by atoms with Gasteiger partial charge in [0.1, 0.15) is 11.6 Å². The molecule has 0 bridgehead atoms. The molecular weight excluding hydrogens is 314 g/mol. The highest BCUT2D eigenvalue weighted by Gasteiger charge is 2.12. The Bertz CT molecular complexity index is 967. The molecule has 1 heterocycles. The number of benzene rings is 2. The molecule has 0 aliphatic heterocycles. The van der Waals surface area contributed by atoms with E-state index in [-0.39, 0.29) is 11.3 Å². The van der Waals surface area contributed by atoms with Crippen LogP contribution >= 0.6 is 0 Å². The summed E-state index contributed by atoms with van der Waals surface area (Å²) in [7, 11) is 1.62. The van der Waals surface area contributed by atoms with Gasteiger partial charge in [-0.15, -0.1) is 0 Å². The topological polar surface area (TPSA) is 57.2 Å². The first-order valence-electron chi connectivity index (χ1n) is 7.13. The number of hydrogen-bond acceptors (Lipinski definition) is 3. The van der Waals surface area contributed by atoms with E-state index in [9.17, 15) is 13.6 Å². The van der Waals surface area contributed by atoms with Crippen LogP contribution in [0.4, 0.5) is 14.5 Å². The number of anilines is 1. The Morgan fingerprint density at radius 3 is 2.46 bits per heavy atom. The van der Waals surface area contributed by atoms with Crippen molar-refractivity contribution in [1.82, 2.24) is 4.57 Å². The molecule has 3 rings (SSSR count). The first-order valence-corrected chi connectivity index (χ1v) is 7.13. The molecule has 6 heteroatoms. The summed E-state index contributed by atoms with van der Waals surface area (Å²) < 4.78 is 33.9. The first kappa shape index (κ1) is 15.7. The van der Waals surface area contributed by atoms with Crippen LogP contribution in [0.1, 0.15) is 0 Å². The van der Waals surface area contributed by atoms with Gasteiger partial charge < -0.3 is 15.0 Å². The minimum absolute atomic E-state index is 0.104. The fourth-order valence-corrected chi connectivity index (χ4v) is 2.29. The van der Waals surface area contributed by atoms with Crippen molar-refractivity contribution in [2.75, 3.05) is 5.73 Å². The van der Waals surface area contributed by atoms with Crippen molar-refractivity contribution < 1.29 is 13.5 Å². The van der Waals surface area contributed by atoms with E-state index in [1.165, 1.54) is 16.7 Å². The predicted octanol–water partition coefficient (Wildman–Crippen LogP) is 3.71. The van der Waals surface area contributed by atoms with E-state index in [2.05, 4.69) is 0 Å². The van der Waals surface area contributed by atoms with Crippen LogP contribution in [0.15, 0.2) is 59.5 Å². The second-order valence-electron chi connectivity index (χ2n) is 5.30. The lowest BCUT2D eigenvalue weighted by atomic mass is 10.1. The van der Waals surface area contributed by atoms with Crippen LogP contribution in [0.2, 0.25) is 0 Å². The lowest BCUT2D eigenvalue weighted by Crippen LogP contribution is -2.14. The Hall–Kier alpha value is -3.15. The van der Waals surface area contributed by atoms with Crippen molar-refractivity contribution in [1.29, 1.82) is 0 Å². The van der Waals surface area contributed by atoms with E-state index in [4.69, 9.17) is 10.5 Å². The molecule has 2 aromatic carbocycles. The molecule has 3 aromatic rings. The zero-order valence-electron chi connectivity index (χ0n) is 12.8. The van der Waals surface area contributed by atoms with E-state index < -0.39 is 11.6 Å². The number of nitrogen functional groups attached to an aromatic ring is 1. The van der Waals surface area contributed by atoms with E-state index in [1.54, 1.807) is 37.5 Å². The average Bonchev–Trinajstić information content (AvgIpc) is 2.54. The highest BCUT2D eigenvalue weighted by molar-refractivity contribution is 5.73. The minimum atomic E-state index is -0.807. The van der Waals surface area contributed by atoms with Gasteiger partial charge in [-0.05, 0) is 36.4 Å². The van der Waals surface area contributed by atoms with Crippen molar-refractivity contribution in [2.45, 2.75) is 0 Å². The van der Waals surface area contributed by atoms with Gasteiger partial charge in [0, 0.05) is 42.2 Å². The molecule has 0 aliphatic rings. The highest BCUT2D eigenvalue weighted by Crippen LogP contribution is 2.35. The number of hydrogen-bond donors (Lipinski definition) is 1. The zero-order chi connectivity index (χ0) is 17.3. The number of aryl methyl sites for hydroxylation is 1. The molecule has 0 spiro atoms. The van der Waals surface area contributed by atoms with Gasteiger partial charge in [-0.2, -0.15) is 0 Å². The lowest BCUT2D eigenvalue weighted by Gasteiger charge is -2.13. The molecule has 2 N–H and O–H groups in total. The molecule has 0 aliphatic carbocycles. The Balaban J connectivity index is 2.08. The van der Waals surface area contributed by atoms with E-state index in [1.807, 2.05) is 0 Å². The molecule has 0 fully saturated rings. The molecule has 0 amide bonds. The summed E-state index contributed by atoms with van der Waals surface area (Å²) in [6, 6.07) is 11.0. The smallest absolute Gasteiger partial charge is 0.250 e. The van der Waals surface area contributed by atoms with Crippen molar-refractivity contribution in [3.05, 3.63) is 76.7 Å². The maximum Gasteiger partial charge on any atom is 0.250 e. The van der Waals surface area contributed by atoms with Crippen LogP contribution in [0.3, 0.4) is 0 Å². The Morgan fingerprint density at radius 2 is 1.75 bits per heavy atom. The number of halogens is 2. The summed E-state index contributed by atoms with van der Waals surface area (Å²) in [6.45, 7) is 0. The average molecular weight is 328 g/mol. The van der Waals surface area contributed by atoms with Crippen molar-refractivity contribution in [3.8, 4) is 22.6 Å². The van der Waals surface area contributed by atoms with Gasteiger partial charge in [-0.3, -0.25) is 4.79 Å². The number of ether oxygens (including phenoxy) is 1. The number of aromatic nitrogens is 1. The number of nitrogens with zero attached hydrogens (tertiary/aromatic N) is 1. The van der Waals surface area contributed by atoms with Crippen LogP contribution in [-0.4, -0.2) is 4.57 Å². The fraction of sp³-hybridized carbons (Fsp3) is 0.0556. The summed E-state index contributed by atoms with van der Waals surface area (Å²) in [5.74, 6) is -1.26. The second-order valence-corrected chi connectivity index (χ2v) is 5.30. The van der Waals surface area contributed by atoms with Gasteiger partial charge in [-0.1, -0.05) is 0 Å². The fourth-order valence-electron chi connectivity index (χ4n) is 2.29. The second kappa shape index (κ2) is 6.16. The summed E-state index contributed by atoms with van der Waals surface area (Å²) in [6.07, 6.45) is 1.63. The van der Waals surface area contributed by atoms with Crippen LogP contribution in [-0.2, 0) is 7.05 Å². The summed E-state index contributed by atoms with van der Waals surface area (Å²) in [4.78, 5) is 11.5. The largest absolute Gasteiger partial charge is 0.454 e. The van der Waals surface area contributed by atoms with Crippen molar-refractivity contribution in [2.24, 2.45) is 7.05 Å². The van der Waals surface area contributed by atoms with Crippen LogP contribution in [0, 0.1) is 11.6 Å². The molecule has 122 valence electrons. The van der Waals surface area contributed by atoms with Gasteiger partial charge >= 0.3 is 0 Å². The zero-order valence-corrected chi connectivity index (χ0v) is 12.8. The van der Waals surface area contributed by atoms with Crippen molar-refractivity contribution in [3.63, 3.8) is 0 Å². The maximum atomic E-state index is 13.8. The lowest BCUT2D eigenvalue weighted by molar-refractivity contribution is 0.439. The maximum absolute atomic E-state index is 13.8. The normalized spacial score (nSPS) is 10.6. The first-order chi connectivity index (χ1) is 11.4. The third-order valence-electron chi connectivity index (χ3n) is 3.51.